The molecular formula is C11H12O3. The molecular weight excluding hydrogens is 180 g/mol. The van der Waals surface area contributed by atoms with E-state index in [0.717, 1.165) is 18.1 Å². The second-order valence-corrected chi connectivity index (χ2v) is 3.67. The summed E-state index contributed by atoms with van der Waals surface area (Å²) in [4.78, 5) is 0. The van der Waals surface area contributed by atoms with Crippen molar-refractivity contribution in [3.63, 3.8) is 0 Å². The van der Waals surface area contributed by atoms with Gasteiger partial charge >= 0.3 is 0 Å². The molecule has 0 N–H and O–H groups in total. The lowest BCUT2D eigenvalue weighted by molar-refractivity contribution is 0.171. The van der Waals surface area contributed by atoms with Gasteiger partial charge in [-0.1, -0.05) is 0 Å². The molecule has 1 fully saturated rings. The van der Waals surface area contributed by atoms with Crippen molar-refractivity contribution in [2.45, 2.75) is 13.0 Å². The predicted octanol–water partition coefficient (Wildman–Crippen LogP) is 1.84. The van der Waals surface area contributed by atoms with Gasteiger partial charge in [0.15, 0.2) is 11.5 Å². The fourth-order valence-corrected chi connectivity index (χ4v) is 1.78. The van der Waals surface area contributed by atoms with E-state index in [1.165, 1.54) is 11.1 Å². The van der Waals surface area contributed by atoms with Gasteiger partial charge in [-0.05, 0) is 30.2 Å². The topological polar surface area (TPSA) is 31.0 Å². The highest BCUT2D eigenvalue weighted by atomic mass is 16.6. The van der Waals surface area contributed by atoms with E-state index >= 15 is 0 Å². The first-order valence-corrected chi connectivity index (χ1v) is 4.86. The van der Waals surface area contributed by atoms with Crippen LogP contribution in [0.1, 0.15) is 17.2 Å². The van der Waals surface area contributed by atoms with E-state index < -0.39 is 0 Å². The Morgan fingerprint density at radius 2 is 1.79 bits per heavy atom. The zero-order chi connectivity index (χ0) is 9.54. The van der Waals surface area contributed by atoms with Gasteiger partial charge in [0.1, 0.15) is 19.3 Å². The Bertz CT molecular complexity index is 369. The maximum atomic E-state index is 5.52. The quantitative estimate of drug-likeness (QED) is 0.636. The van der Waals surface area contributed by atoms with Crippen LogP contribution in [0.25, 0.3) is 0 Å². The van der Waals surface area contributed by atoms with E-state index in [4.69, 9.17) is 14.2 Å². The fourth-order valence-electron chi connectivity index (χ4n) is 1.78. The molecule has 1 aromatic carbocycles. The van der Waals surface area contributed by atoms with Crippen molar-refractivity contribution in [3.8, 4) is 11.5 Å². The predicted molar refractivity (Wildman–Crippen MR) is 50.9 cm³/mol. The standard InChI is InChI=1S/C11H12O3/c1-7-4-9-10(13-3-2-12-9)5-8(7)11-6-14-11/h4-5,11H,2-3,6H2,1H3. The normalized spacial score (nSPS) is 23.4. The summed E-state index contributed by atoms with van der Waals surface area (Å²) in [6, 6.07) is 4.08. The molecule has 0 spiro atoms. The summed E-state index contributed by atoms with van der Waals surface area (Å²) < 4.78 is 16.3. The summed E-state index contributed by atoms with van der Waals surface area (Å²) in [5, 5.41) is 0. The van der Waals surface area contributed by atoms with Gasteiger partial charge in [-0.25, -0.2) is 0 Å². The van der Waals surface area contributed by atoms with Crippen molar-refractivity contribution < 1.29 is 14.2 Å². The molecule has 1 unspecified atom stereocenters. The minimum absolute atomic E-state index is 0.283. The van der Waals surface area contributed by atoms with Crippen LogP contribution in [0.4, 0.5) is 0 Å². The maximum Gasteiger partial charge on any atom is 0.161 e. The molecule has 3 rings (SSSR count). The van der Waals surface area contributed by atoms with Crippen LogP contribution in [-0.4, -0.2) is 19.8 Å². The third kappa shape index (κ3) is 1.24. The number of hydrogen-bond donors (Lipinski definition) is 0. The van der Waals surface area contributed by atoms with Crippen molar-refractivity contribution in [3.05, 3.63) is 23.3 Å². The zero-order valence-electron chi connectivity index (χ0n) is 8.08. The monoisotopic (exact) mass is 192 g/mol. The van der Waals surface area contributed by atoms with Gasteiger partial charge in [0, 0.05) is 0 Å². The van der Waals surface area contributed by atoms with E-state index in [1.54, 1.807) is 0 Å². The van der Waals surface area contributed by atoms with Crippen LogP contribution in [0.2, 0.25) is 0 Å². The Balaban J connectivity index is 2.05. The molecule has 0 aromatic heterocycles. The second kappa shape index (κ2) is 2.89. The number of epoxide rings is 1. The summed E-state index contributed by atoms with van der Waals surface area (Å²) in [5.74, 6) is 1.71. The molecule has 1 aromatic rings. The van der Waals surface area contributed by atoms with Gasteiger partial charge in [-0.2, -0.15) is 0 Å². The lowest BCUT2D eigenvalue weighted by atomic mass is 10.0. The molecule has 0 saturated carbocycles. The Hall–Kier alpha value is -1.22. The molecule has 3 heteroatoms. The second-order valence-electron chi connectivity index (χ2n) is 3.67. The maximum absolute atomic E-state index is 5.52. The van der Waals surface area contributed by atoms with Crippen LogP contribution in [0.3, 0.4) is 0 Å². The first-order valence-electron chi connectivity index (χ1n) is 4.86. The van der Waals surface area contributed by atoms with Crippen molar-refractivity contribution in [2.24, 2.45) is 0 Å². The highest BCUT2D eigenvalue weighted by Crippen LogP contribution is 2.39. The summed E-state index contributed by atoms with van der Waals surface area (Å²) in [5.41, 5.74) is 2.45. The van der Waals surface area contributed by atoms with Gasteiger partial charge in [0.2, 0.25) is 0 Å². The van der Waals surface area contributed by atoms with E-state index in [0.29, 0.717) is 13.2 Å². The van der Waals surface area contributed by atoms with Crippen molar-refractivity contribution in [1.82, 2.24) is 0 Å². The fraction of sp³-hybridized carbons (Fsp3) is 0.455. The number of aryl methyl sites for hydroxylation is 1. The Labute approximate surface area is 82.6 Å². The van der Waals surface area contributed by atoms with Crippen molar-refractivity contribution in [2.75, 3.05) is 19.8 Å². The summed E-state index contributed by atoms with van der Waals surface area (Å²) in [6.07, 6.45) is 0.283. The first-order chi connectivity index (χ1) is 6.84. The minimum atomic E-state index is 0.283. The van der Waals surface area contributed by atoms with Gasteiger partial charge in [-0.3, -0.25) is 0 Å². The molecule has 74 valence electrons. The van der Waals surface area contributed by atoms with Crippen molar-refractivity contribution in [1.29, 1.82) is 0 Å². The number of fused-ring (bicyclic) bond motifs is 1. The van der Waals surface area contributed by atoms with E-state index in [-0.39, 0.29) is 6.10 Å². The number of rotatable bonds is 1. The van der Waals surface area contributed by atoms with Gasteiger partial charge in [0.25, 0.3) is 0 Å². The molecule has 1 atom stereocenters. The van der Waals surface area contributed by atoms with Crippen LogP contribution in [-0.2, 0) is 4.74 Å². The molecule has 2 aliphatic rings. The third-order valence-corrected chi connectivity index (χ3v) is 2.61. The largest absolute Gasteiger partial charge is 0.486 e. The van der Waals surface area contributed by atoms with Gasteiger partial charge < -0.3 is 14.2 Å². The average molecular weight is 192 g/mol. The summed E-state index contributed by atoms with van der Waals surface area (Å²) in [6.45, 7) is 4.20. The Kier molecular flexibility index (Phi) is 1.67. The molecule has 0 amide bonds. The van der Waals surface area contributed by atoms with Gasteiger partial charge in [-0.15, -0.1) is 0 Å². The van der Waals surface area contributed by atoms with Gasteiger partial charge in [0.05, 0.1) is 6.61 Å². The van der Waals surface area contributed by atoms with Crippen LogP contribution < -0.4 is 9.47 Å². The van der Waals surface area contributed by atoms with E-state index in [2.05, 4.69) is 6.92 Å². The smallest absolute Gasteiger partial charge is 0.161 e. The minimum Gasteiger partial charge on any atom is -0.486 e. The number of ether oxygens (including phenoxy) is 3. The lowest BCUT2D eigenvalue weighted by Gasteiger charge is -2.19. The third-order valence-electron chi connectivity index (χ3n) is 2.61. The summed E-state index contributed by atoms with van der Waals surface area (Å²) >= 11 is 0. The molecule has 14 heavy (non-hydrogen) atoms. The molecule has 1 saturated heterocycles. The Morgan fingerprint density at radius 1 is 1.14 bits per heavy atom. The van der Waals surface area contributed by atoms with Crippen LogP contribution in [0, 0.1) is 6.92 Å². The molecule has 2 heterocycles. The number of benzene rings is 1. The van der Waals surface area contributed by atoms with Crippen LogP contribution >= 0.6 is 0 Å². The SMILES string of the molecule is Cc1cc2c(cc1C1CO1)OCCO2. The van der Waals surface area contributed by atoms with Crippen LogP contribution in [0.15, 0.2) is 12.1 Å². The lowest BCUT2D eigenvalue weighted by Crippen LogP contribution is -2.15. The average Bonchev–Trinajstić information content (AvgIpc) is 3.00. The summed E-state index contributed by atoms with van der Waals surface area (Å²) in [7, 11) is 0. The van der Waals surface area contributed by atoms with Crippen LogP contribution in [0.5, 0.6) is 11.5 Å². The molecule has 3 nitrogen and oxygen atoms in total. The van der Waals surface area contributed by atoms with E-state index in [9.17, 15) is 0 Å². The molecule has 2 aliphatic heterocycles. The first kappa shape index (κ1) is 8.12. The highest BCUT2D eigenvalue weighted by molar-refractivity contribution is 5.49. The number of hydrogen-bond acceptors (Lipinski definition) is 3. The zero-order valence-corrected chi connectivity index (χ0v) is 8.08. The molecule has 0 aliphatic carbocycles. The van der Waals surface area contributed by atoms with Crippen molar-refractivity contribution >= 4 is 0 Å². The highest BCUT2D eigenvalue weighted by Gasteiger charge is 2.28. The molecule has 0 radical (unpaired) electrons. The van der Waals surface area contributed by atoms with E-state index in [1.807, 2.05) is 12.1 Å². The Morgan fingerprint density at radius 3 is 2.43 bits per heavy atom. The molecule has 0 bridgehead atoms.